The van der Waals surface area contributed by atoms with Crippen molar-refractivity contribution in [2.24, 2.45) is 5.92 Å². The van der Waals surface area contributed by atoms with Crippen molar-refractivity contribution in [1.29, 1.82) is 0 Å². The van der Waals surface area contributed by atoms with Gasteiger partial charge in [0.2, 0.25) is 5.91 Å². The fourth-order valence-corrected chi connectivity index (χ4v) is 4.47. The Labute approximate surface area is 175 Å². The molecule has 0 radical (unpaired) electrons. The number of amides is 2. The molecule has 2 aliphatic rings. The number of carbonyl (C=O) groups excluding carboxylic acids is 2. The van der Waals surface area contributed by atoms with Crippen molar-refractivity contribution in [3.05, 3.63) is 59.0 Å². The molecule has 1 saturated carbocycles. The van der Waals surface area contributed by atoms with E-state index in [2.05, 4.69) is 12.2 Å². The highest BCUT2D eigenvalue weighted by atomic mass is 35.5. The molecule has 1 N–H and O–H groups in total. The summed E-state index contributed by atoms with van der Waals surface area (Å²) < 4.78 is 11.5. The van der Waals surface area contributed by atoms with Crippen molar-refractivity contribution in [3.8, 4) is 0 Å². The summed E-state index contributed by atoms with van der Waals surface area (Å²) in [5, 5.41) is 3.24. The molecule has 1 atom stereocenters. The van der Waals surface area contributed by atoms with Crippen LogP contribution in [0.1, 0.15) is 48.7 Å². The summed E-state index contributed by atoms with van der Waals surface area (Å²) in [5.74, 6) is 0.717. The van der Waals surface area contributed by atoms with Crippen LogP contribution in [0.15, 0.2) is 47.1 Å². The summed E-state index contributed by atoms with van der Waals surface area (Å²) in [6.07, 6.45) is 4.89. The number of carbonyl (C=O) groups is 2. The van der Waals surface area contributed by atoms with Crippen molar-refractivity contribution >= 4 is 23.4 Å². The Morgan fingerprint density at radius 2 is 1.97 bits per heavy atom. The van der Waals surface area contributed by atoms with Gasteiger partial charge < -0.3 is 14.5 Å². The molecule has 1 spiro atoms. The summed E-state index contributed by atoms with van der Waals surface area (Å²) in [6.45, 7) is 2.64. The Kier molecular flexibility index (Phi) is 5.65. The maximum atomic E-state index is 13.5. The van der Waals surface area contributed by atoms with Gasteiger partial charge in [-0.2, -0.15) is 0 Å². The highest BCUT2D eigenvalue weighted by Crippen LogP contribution is 2.43. The highest BCUT2D eigenvalue weighted by molar-refractivity contribution is 6.33. The monoisotopic (exact) mass is 416 g/mol. The van der Waals surface area contributed by atoms with Gasteiger partial charge in [0, 0.05) is 0 Å². The Bertz CT molecular complexity index is 875. The molecule has 4 rings (SSSR count). The number of rotatable bonds is 4. The average Bonchev–Trinajstić information content (AvgIpc) is 3.37. The minimum atomic E-state index is -0.755. The van der Waals surface area contributed by atoms with Gasteiger partial charge in [0.1, 0.15) is 17.5 Å². The molecule has 7 heteroatoms. The lowest BCUT2D eigenvalue weighted by atomic mass is 9.83. The van der Waals surface area contributed by atoms with E-state index in [-0.39, 0.29) is 25.0 Å². The van der Waals surface area contributed by atoms with Crippen molar-refractivity contribution < 1.29 is 18.7 Å². The van der Waals surface area contributed by atoms with Gasteiger partial charge in [-0.15, -0.1) is 0 Å². The van der Waals surface area contributed by atoms with Crippen LogP contribution in [0.3, 0.4) is 0 Å². The van der Waals surface area contributed by atoms with E-state index in [4.69, 9.17) is 20.8 Å². The van der Waals surface area contributed by atoms with Crippen molar-refractivity contribution in [2.75, 3.05) is 6.61 Å². The molecule has 0 bridgehead atoms. The van der Waals surface area contributed by atoms with Crippen LogP contribution in [0, 0.1) is 5.92 Å². The number of hydrogen-bond acceptors (Lipinski definition) is 4. The second-order valence-electron chi connectivity index (χ2n) is 7.91. The molecule has 2 heterocycles. The third-order valence-electron chi connectivity index (χ3n) is 5.96. The fourth-order valence-electron chi connectivity index (χ4n) is 4.25. The zero-order valence-electron chi connectivity index (χ0n) is 16.4. The molecule has 0 unspecified atom stereocenters. The fraction of sp³-hybridized carbons (Fsp3) is 0.455. The summed E-state index contributed by atoms with van der Waals surface area (Å²) >= 11 is 6.30. The normalized spacial score (nSPS) is 26.6. The first-order valence-electron chi connectivity index (χ1n) is 10.0. The van der Waals surface area contributed by atoms with E-state index in [1.807, 2.05) is 0 Å². The highest BCUT2D eigenvalue weighted by Gasteiger charge is 2.53. The third kappa shape index (κ3) is 3.91. The van der Waals surface area contributed by atoms with Gasteiger partial charge >= 0.3 is 0 Å². The van der Waals surface area contributed by atoms with E-state index >= 15 is 0 Å². The van der Waals surface area contributed by atoms with Crippen molar-refractivity contribution in [2.45, 2.75) is 50.9 Å². The molecule has 1 aromatic carbocycles. The molecular weight excluding hydrogens is 392 g/mol. The van der Waals surface area contributed by atoms with Crippen LogP contribution in [0.25, 0.3) is 0 Å². The van der Waals surface area contributed by atoms with Crippen molar-refractivity contribution in [3.63, 3.8) is 0 Å². The quantitative estimate of drug-likeness (QED) is 0.817. The summed E-state index contributed by atoms with van der Waals surface area (Å²) in [7, 11) is 0. The van der Waals surface area contributed by atoms with Crippen LogP contribution in [0.4, 0.5) is 0 Å². The summed E-state index contributed by atoms with van der Waals surface area (Å²) in [6, 6.07) is 9.80. The smallest absolute Gasteiger partial charge is 0.258 e. The van der Waals surface area contributed by atoms with Crippen LogP contribution < -0.4 is 5.32 Å². The van der Waals surface area contributed by atoms with Crippen LogP contribution in [-0.4, -0.2) is 35.1 Å². The lowest BCUT2D eigenvalue weighted by Gasteiger charge is -2.43. The Morgan fingerprint density at radius 1 is 1.21 bits per heavy atom. The van der Waals surface area contributed by atoms with Crippen LogP contribution in [0.5, 0.6) is 0 Å². The molecule has 1 aliphatic heterocycles. The van der Waals surface area contributed by atoms with Gasteiger partial charge in [0.25, 0.3) is 5.91 Å². The first-order valence-corrected chi connectivity index (χ1v) is 10.4. The predicted octanol–water partition coefficient (Wildman–Crippen LogP) is 4.00. The number of nitrogens with one attached hydrogen (secondary N) is 1. The van der Waals surface area contributed by atoms with Gasteiger partial charge in [-0.25, -0.2) is 0 Å². The molecular formula is C22H25ClN2O4. The SMILES string of the molecule is CC1CCC2(CC1)OC[C@H](C(=O)NCc1ccco1)N2C(=O)c1ccccc1Cl. The third-order valence-corrected chi connectivity index (χ3v) is 6.29. The van der Waals surface area contributed by atoms with E-state index in [9.17, 15) is 9.59 Å². The molecule has 2 amide bonds. The first kappa shape index (κ1) is 20.0. The number of nitrogens with zero attached hydrogens (tertiary/aromatic N) is 1. The average molecular weight is 417 g/mol. The van der Waals surface area contributed by atoms with E-state index in [1.54, 1.807) is 47.6 Å². The largest absolute Gasteiger partial charge is 0.467 e. The molecule has 6 nitrogen and oxygen atoms in total. The number of furan rings is 1. The molecule has 1 aromatic heterocycles. The minimum absolute atomic E-state index is 0.175. The summed E-state index contributed by atoms with van der Waals surface area (Å²) in [5.41, 5.74) is -0.364. The molecule has 29 heavy (non-hydrogen) atoms. The zero-order chi connectivity index (χ0) is 20.4. The molecule has 1 saturated heterocycles. The predicted molar refractivity (Wildman–Crippen MR) is 108 cm³/mol. The topological polar surface area (TPSA) is 71.8 Å². The standard InChI is InChI=1S/C22H25ClN2O4/c1-15-8-10-22(11-9-15)25(21(27)17-6-2-3-7-18(17)23)19(14-29-22)20(26)24-13-16-5-4-12-28-16/h2-7,12,15,19H,8-11,13-14H2,1H3,(H,24,26)/t15?,19-,22?/m1/s1. The van der Waals surface area contributed by atoms with Gasteiger partial charge in [-0.05, 0) is 55.9 Å². The van der Waals surface area contributed by atoms with E-state index in [0.29, 0.717) is 35.1 Å². The van der Waals surface area contributed by atoms with Crippen LogP contribution >= 0.6 is 11.6 Å². The Balaban J connectivity index is 1.60. The molecule has 154 valence electrons. The van der Waals surface area contributed by atoms with E-state index in [0.717, 1.165) is 12.8 Å². The van der Waals surface area contributed by atoms with E-state index < -0.39 is 11.8 Å². The zero-order valence-corrected chi connectivity index (χ0v) is 17.2. The molecule has 1 aliphatic carbocycles. The number of ether oxygens (including phenoxy) is 1. The molecule has 2 fully saturated rings. The maximum Gasteiger partial charge on any atom is 0.258 e. The first-order chi connectivity index (χ1) is 14.0. The maximum absolute atomic E-state index is 13.5. The van der Waals surface area contributed by atoms with Gasteiger partial charge in [-0.1, -0.05) is 30.7 Å². The van der Waals surface area contributed by atoms with Gasteiger partial charge in [0.15, 0.2) is 0 Å². The number of halogens is 1. The Morgan fingerprint density at radius 3 is 2.66 bits per heavy atom. The molecule has 2 aromatic rings. The van der Waals surface area contributed by atoms with Crippen LogP contribution in [0.2, 0.25) is 5.02 Å². The van der Waals surface area contributed by atoms with Gasteiger partial charge in [0.05, 0.1) is 30.0 Å². The lowest BCUT2D eigenvalue weighted by molar-refractivity contribution is -0.128. The van der Waals surface area contributed by atoms with Crippen LogP contribution in [-0.2, 0) is 16.1 Å². The second kappa shape index (κ2) is 8.20. The van der Waals surface area contributed by atoms with E-state index in [1.165, 1.54) is 0 Å². The van der Waals surface area contributed by atoms with Gasteiger partial charge in [-0.3, -0.25) is 14.5 Å². The Hall–Kier alpha value is -2.31. The minimum Gasteiger partial charge on any atom is -0.467 e. The number of hydrogen-bond donors (Lipinski definition) is 1. The second-order valence-corrected chi connectivity index (χ2v) is 8.31. The number of benzene rings is 1. The lowest BCUT2D eigenvalue weighted by Crippen LogP contribution is -2.56. The van der Waals surface area contributed by atoms with Crippen molar-refractivity contribution in [1.82, 2.24) is 10.2 Å². The summed E-state index contributed by atoms with van der Waals surface area (Å²) in [4.78, 5) is 28.2.